The summed E-state index contributed by atoms with van der Waals surface area (Å²) in [6, 6.07) is 21.2. The summed E-state index contributed by atoms with van der Waals surface area (Å²) >= 11 is 0. The van der Waals surface area contributed by atoms with Crippen LogP contribution >= 0.6 is 0 Å². The van der Waals surface area contributed by atoms with Gasteiger partial charge in [0.2, 0.25) is 0 Å². The van der Waals surface area contributed by atoms with E-state index < -0.39 is 6.10 Å². The normalized spacial score (nSPS) is 29.6. The number of para-hydroxylation sites is 1. The van der Waals surface area contributed by atoms with Crippen molar-refractivity contribution in [2.45, 2.75) is 31.5 Å². The van der Waals surface area contributed by atoms with E-state index >= 15 is 0 Å². The first-order chi connectivity index (χ1) is 14.2. The Bertz CT molecular complexity index is 1010. The molecule has 29 heavy (non-hydrogen) atoms. The van der Waals surface area contributed by atoms with Gasteiger partial charge in [-0.15, -0.1) is 6.58 Å². The maximum atomic E-state index is 11.7. The molecular formula is C26H29N2O+. The van der Waals surface area contributed by atoms with Crippen LogP contribution in [-0.2, 0) is 6.54 Å². The van der Waals surface area contributed by atoms with Gasteiger partial charge in [0.15, 0.2) is 0 Å². The Kier molecular flexibility index (Phi) is 4.73. The van der Waals surface area contributed by atoms with E-state index in [1.807, 2.05) is 30.5 Å². The summed E-state index contributed by atoms with van der Waals surface area (Å²) in [5.74, 6) is 1.18. The highest BCUT2D eigenvalue weighted by Crippen LogP contribution is 2.47. The molecule has 4 heterocycles. The van der Waals surface area contributed by atoms with Gasteiger partial charge in [0, 0.05) is 35.9 Å². The average Bonchev–Trinajstić information content (AvgIpc) is 2.78. The second-order valence-corrected chi connectivity index (χ2v) is 8.88. The van der Waals surface area contributed by atoms with Crippen molar-refractivity contribution in [3.63, 3.8) is 0 Å². The summed E-state index contributed by atoms with van der Waals surface area (Å²) in [5.41, 5.74) is 3.33. The lowest BCUT2D eigenvalue weighted by Crippen LogP contribution is -2.67. The smallest absolute Gasteiger partial charge is 0.131 e. The van der Waals surface area contributed by atoms with E-state index in [9.17, 15) is 5.11 Å². The predicted octanol–water partition coefficient (Wildman–Crippen LogP) is 4.88. The van der Waals surface area contributed by atoms with Gasteiger partial charge in [0.05, 0.1) is 18.6 Å². The first-order valence-electron chi connectivity index (χ1n) is 10.7. The van der Waals surface area contributed by atoms with E-state index in [1.165, 1.54) is 12.0 Å². The first kappa shape index (κ1) is 18.5. The fourth-order valence-electron chi connectivity index (χ4n) is 5.91. The Morgan fingerprint density at radius 3 is 2.72 bits per heavy atom. The minimum atomic E-state index is -0.486. The monoisotopic (exact) mass is 385 g/mol. The standard InChI is InChI=1S/C26H29N2O/c1-2-20-18-28(17-19-8-4-3-5-9-19)15-13-21(20)16-25(28)26(29)23-12-14-27-24-11-7-6-10-22(23)24/h2-12,14,20-21,25-26,29H,1,13,15-18H2/q+1/t20-,21+,25-,26+,28-/m1/s1. The molecule has 0 aliphatic carbocycles. The van der Waals surface area contributed by atoms with Crippen LogP contribution < -0.4 is 0 Å². The fraction of sp³-hybridized carbons (Fsp3) is 0.346. The maximum absolute atomic E-state index is 11.7. The third kappa shape index (κ3) is 3.19. The van der Waals surface area contributed by atoms with Gasteiger partial charge in [0.25, 0.3) is 0 Å². The SMILES string of the molecule is C=C[C@@H]1C[N@+]2(Cc3ccccc3)CC[C@H]1C[C@@H]2[C@@H](O)c1ccnc2ccccc12. The molecule has 3 heteroatoms. The number of piperidine rings is 3. The summed E-state index contributed by atoms with van der Waals surface area (Å²) in [5, 5.41) is 12.8. The van der Waals surface area contributed by atoms with Gasteiger partial charge in [0.1, 0.15) is 18.7 Å². The van der Waals surface area contributed by atoms with E-state index in [-0.39, 0.29) is 6.04 Å². The molecule has 3 aromatic rings. The van der Waals surface area contributed by atoms with E-state index in [0.29, 0.717) is 11.8 Å². The molecule has 2 aromatic carbocycles. The number of aliphatic hydroxyl groups is 1. The number of pyridine rings is 1. The number of hydrogen-bond acceptors (Lipinski definition) is 2. The summed E-state index contributed by atoms with van der Waals surface area (Å²) in [6.07, 6.45) is 5.79. The van der Waals surface area contributed by atoms with E-state index in [1.54, 1.807) is 0 Å². The molecule has 3 fully saturated rings. The highest BCUT2D eigenvalue weighted by atomic mass is 16.3. The van der Waals surface area contributed by atoms with E-state index in [0.717, 1.165) is 47.0 Å². The van der Waals surface area contributed by atoms with Crippen LogP contribution in [0.1, 0.15) is 30.1 Å². The molecule has 5 atom stereocenters. The molecule has 0 unspecified atom stereocenters. The van der Waals surface area contributed by atoms with E-state index in [2.05, 4.69) is 54.0 Å². The lowest BCUT2D eigenvalue weighted by Gasteiger charge is -2.58. The molecule has 0 radical (unpaired) electrons. The molecule has 0 saturated carbocycles. The van der Waals surface area contributed by atoms with Crippen LogP contribution in [0.5, 0.6) is 0 Å². The number of aliphatic hydroxyl groups excluding tert-OH is 1. The molecule has 0 amide bonds. The minimum Gasteiger partial charge on any atom is -0.382 e. The zero-order valence-electron chi connectivity index (χ0n) is 16.8. The van der Waals surface area contributed by atoms with Crippen LogP contribution in [0.3, 0.4) is 0 Å². The van der Waals surface area contributed by atoms with Crippen LogP contribution in [0.4, 0.5) is 0 Å². The largest absolute Gasteiger partial charge is 0.382 e. The molecule has 3 nitrogen and oxygen atoms in total. The maximum Gasteiger partial charge on any atom is 0.131 e. The number of aromatic nitrogens is 1. The van der Waals surface area contributed by atoms with Crippen LogP contribution in [0.25, 0.3) is 10.9 Å². The number of rotatable bonds is 5. The van der Waals surface area contributed by atoms with Gasteiger partial charge >= 0.3 is 0 Å². The molecule has 2 bridgehead atoms. The van der Waals surface area contributed by atoms with Crippen LogP contribution in [0.2, 0.25) is 0 Å². The Hall–Kier alpha value is -2.49. The van der Waals surface area contributed by atoms with Gasteiger partial charge in [-0.2, -0.15) is 0 Å². The Balaban J connectivity index is 1.56. The fourth-order valence-corrected chi connectivity index (χ4v) is 5.91. The van der Waals surface area contributed by atoms with Crippen molar-refractivity contribution in [2.24, 2.45) is 11.8 Å². The highest BCUT2D eigenvalue weighted by Gasteiger charge is 2.53. The molecular weight excluding hydrogens is 356 g/mol. The molecule has 1 N–H and O–H groups in total. The van der Waals surface area contributed by atoms with Crippen molar-refractivity contribution in [3.8, 4) is 0 Å². The van der Waals surface area contributed by atoms with Crippen molar-refractivity contribution in [2.75, 3.05) is 13.1 Å². The predicted molar refractivity (Wildman–Crippen MR) is 117 cm³/mol. The first-order valence-corrected chi connectivity index (χ1v) is 10.7. The Morgan fingerprint density at radius 2 is 1.90 bits per heavy atom. The highest BCUT2D eigenvalue weighted by molar-refractivity contribution is 5.82. The van der Waals surface area contributed by atoms with Crippen molar-refractivity contribution in [1.82, 2.24) is 4.98 Å². The van der Waals surface area contributed by atoms with Crippen molar-refractivity contribution < 1.29 is 9.59 Å². The lowest BCUT2D eigenvalue weighted by atomic mass is 9.71. The number of quaternary nitrogens is 1. The number of hydrogen-bond donors (Lipinski definition) is 1. The third-order valence-electron chi connectivity index (χ3n) is 7.38. The van der Waals surface area contributed by atoms with Gasteiger partial charge < -0.3 is 9.59 Å². The van der Waals surface area contributed by atoms with Crippen LogP contribution in [0.15, 0.2) is 79.5 Å². The molecule has 3 aliphatic rings. The van der Waals surface area contributed by atoms with Crippen molar-refractivity contribution in [3.05, 3.63) is 90.6 Å². The van der Waals surface area contributed by atoms with Gasteiger partial charge in [-0.3, -0.25) is 4.98 Å². The quantitative estimate of drug-likeness (QED) is 0.502. The summed E-state index contributed by atoms with van der Waals surface area (Å²) in [6.45, 7) is 7.32. The molecule has 6 rings (SSSR count). The Labute approximate surface area is 172 Å². The van der Waals surface area contributed by atoms with Gasteiger partial charge in [-0.25, -0.2) is 0 Å². The zero-order chi connectivity index (χ0) is 19.8. The number of fused-ring (bicyclic) bond motifs is 4. The summed E-state index contributed by atoms with van der Waals surface area (Å²) < 4.78 is 0.953. The second-order valence-electron chi connectivity index (χ2n) is 8.88. The third-order valence-corrected chi connectivity index (χ3v) is 7.38. The molecule has 0 spiro atoms. The second kappa shape index (κ2) is 7.40. The topological polar surface area (TPSA) is 33.1 Å². The van der Waals surface area contributed by atoms with Crippen molar-refractivity contribution >= 4 is 10.9 Å². The van der Waals surface area contributed by atoms with Crippen LogP contribution in [-0.4, -0.2) is 33.7 Å². The molecule has 148 valence electrons. The molecule has 3 aliphatic heterocycles. The lowest BCUT2D eigenvalue weighted by molar-refractivity contribution is -0.984. The van der Waals surface area contributed by atoms with E-state index in [4.69, 9.17) is 0 Å². The van der Waals surface area contributed by atoms with Gasteiger partial charge in [-0.05, 0) is 23.6 Å². The number of benzene rings is 2. The minimum absolute atomic E-state index is 0.205. The average molecular weight is 386 g/mol. The van der Waals surface area contributed by atoms with Crippen molar-refractivity contribution in [1.29, 1.82) is 0 Å². The summed E-state index contributed by atoms with van der Waals surface area (Å²) in [4.78, 5) is 4.50. The molecule has 3 saturated heterocycles. The number of nitrogens with zero attached hydrogens (tertiary/aromatic N) is 2. The molecule has 1 aromatic heterocycles. The zero-order valence-corrected chi connectivity index (χ0v) is 16.8. The van der Waals surface area contributed by atoms with Crippen LogP contribution in [0, 0.1) is 11.8 Å². The summed E-state index contributed by atoms with van der Waals surface area (Å²) in [7, 11) is 0. The van der Waals surface area contributed by atoms with Gasteiger partial charge in [-0.1, -0.05) is 54.6 Å². The Morgan fingerprint density at radius 1 is 1.10 bits per heavy atom.